The van der Waals surface area contributed by atoms with Gasteiger partial charge in [-0.25, -0.2) is 13.5 Å². The van der Waals surface area contributed by atoms with E-state index in [1.165, 1.54) is 0 Å². The van der Waals surface area contributed by atoms with E-state index in [4.69, 9.17) is 19.3 Å². The predicted octanol–water partition coefficient (Wildman–Crippen LogP) is 2.18. The van der Waals surface area contributed by atoms with E-state index in [0.717, 1.165) is 37.7 Å². The Balaban J connectivity index is 1.37. The lowest BCUT2D eigenvalue weighted by Crippen LogP contribution is -2.28. The van der Waals surface area contributed by atoms with Crippen LogP contribution in [-0.2, 0) is 20.6 Å². The molecule has 0 saturated carbocycles. The number of hydrogen-bond acceptors (Lipinski definition) is 8. The highest BCUT2D eigenvalue weighted by Gasteiger charge is 2.29. The summed E-state index contributed by atoms with van der Waals surface area (Å²) in [4.78, 5) is 46.0. The molecule has 13 heteroatoms. The van der Waals surface area contributed by atoms with Crippen molar-refractivity contribution in [1.82, 2.24) is 8.94 Å². The molecule has 2 aromatic carbocycles. The summed E-state index contributed by atoms with van der Waals surface area (Å²) in [5.41, 5.74) is 3.62. The minimum absolute atomic E-state index is 0.0195. The highest BCUT2D eigenvalue weighted by molar-refractivity contribution is 7.51. The molecule has 1 aliphatic carbocycles. The fraction of sp³-hybridized carbons (Fsp3) is 0.286. The molecule has 34 heavy (non-hydrogen) atoms. The van der Waals surface area contributed by atoms with Gasteiger partial charge in [0.1, 0.15) is 19.1 Å². The Bertz CT molecular complexity index is 1240. The van der Waals surface area contributed by atoms with Crippen LogP contribution in [0.4, 0.5) is 9.93 Å². The first-order chi connectivity index (χ1) is 16.2. The molecule has 1 aromatic heterocycles. The van der Waals surface area contributed by atoms with Gasteiger partial charge < -0.3 is 24.4 Å². The van der Waals surface area contributed by atoms with Crippen molar-refractivity contribution in [2.75, 3.05) is 24.9 Å². The number of fused-ring (bicyclic) bond motifs is 3. The van der Waals surface area contributed by atoms with Gasteiger partial charge in [0.05, 0.1) is 13.2 Å². The first kappa shape index (κ1) is 24.3. The highest BCUT2D eigenvalue weighted by atomic mass is 32.1. The molecule has 1 amide bonds. The fourth-order valence-corrected chi connectivity index (χ4v) is 4.97. The predicted molar refractivity (Wildman–Crippen MR) is 124 cm³/mol. The third kappa shape index (κ3) is 5.61. The lowest BCUT2D eigenvalue weighted by molar-refractivity contribution is 0.0208. The van der Waals surface area contributed by atoms with Crippen LogP contribution in [0.5, 0.6) is 0 Å². The van der Waals surface area contributed by atoms with E-state index >= 15 is 0 Å². The number of ether oxygens (including phenoxy) is 2. The Hall–Kier alpha value is -2.86. The van der Waals surface area contributed by atoms with Crippen molar-refractivity contribution < 1.29 is 33.7 Å². The molecule has 0 saturated heterocycles. The van der Waals surface area contributed by atoms with Crippen molar-refractivity contribution in [3.05, 3.63) is 70.1 Å². The van der Waals surface area contributed by atoms with E-state index in [2.05, 4.69) is 10.3 Å². The molecule has 4 rings (SSSR count). The molecule has 4 N–H and O–H groups in total. The van der Waals surface area contributed by atoms with Crippen LogP contribution in [-0.4, -0.2) is 55.6 Å². The topological polar surface area (TPSA) is 160 Å². The molecule has 180 valence electrons. The summed E-state index contributed by atoms with van der Waals surface area (Å²) in [6.45, 7) is -0.670. The molecule has 0 spiro atoms. The van der Waals surface area contributed by atoms with Crippen molar-refractivity contribution in [2.45, 2.75) is 18.6 Å². The van der Waals surface area contributed by atoms with Gasteiger partial charge in [0, 0.05) is 5.92 Å². The van der Waals surface area contributed by atoms with Crippen molar-refractivity contribution in [1.29, 1.82) is 0 Å². The summed E-state index contributed by atoms with van der Waals surface area (Å²) in [5.74, 6) is -0.120. The molecule has 3 aromatic rings. The summed E-state index contributed by atoms with van der Waals surface area (Å²) < 4.78 is 22.4. The summed E-state index contributed by atoms with van der Waals surface area (Å²) in [6.07, 6.45) is -2.70. The van der Waals surface area contributed by atoms with Gasteiger partial charge in [-0.2, -0.15) is 4.98 Å². The number of hydrogen-bond donors (Lipinski definition) is 4. The van der Waals surface area contributed by atoms with E-state index in [1.54, 1.807) is 0 Å². The van der Waals surface area contributed by atoms with Gasteiger partial charge in [0.25, 0.3) is 0 Å². The standard InChI is InChI=1S/C21H22N3O8PS/c25-10-13(32-12-33(28,29)30)9-24-20(26)22-19(34-24)23-21(27)31-11-18-16-7-3-1-5-14(16)15-6-2-4-8-17(15)18/h1-8,13,18,25H,9-12H2,(H2,28,29,30)(H,22,23,26,27)/t13-/m0/s1. The summed E-state index contributed by atoms with van der Waals surface area (Å²) in [7, 11) is -4.43. The third-order valence-electron chi connectivity index (χ3n) is 5.21. The Morgan fingerprint density at radius 2 is 1.76 bits per heavy atom. The fourth-order valence-electron chi connectivity index (χ4n) is 3.75. The Kier molecular flexibility index (Phi) is 7.27. The zero-order valence-corrected chi connectivity index (χ0v) is 19.4. The molecule has 1 heterocycles. The SMILES string of the molecule is O=C(Nc1nc(=O)n(C[C@@H](CO)OCP(=O)(O)O)s1)OCC1c2ccccc2-c2ccccc21. The van der Waals surface area contributed by atoms with E-state index in [9.17, 15) is 19.3 Å². The summed E-state index contributed by atoms with van der Waals surface area (Å²) >= 11 is 0.796. The van der Waals surface area contributed by atoms with E-state index in [0.29, 0.717) is 0 Å². The molecule has 1 atom stereocenters. The maximum Gasteiger partial charge on any atom is 0.413 e. The van der Waals surface area contributed by atoms with Gasteiger partial charge in [0.2, 0.25) is 5.13 Å². The lowest BCUT2D eigenvalue weighted by Gasteiger charge is -2.15. The van der Waals surface area contributed by atoms with Crippen LogP contribution in [0.1, 0.15) is 17.0 Å². The summed E-state index contributed by atoms with van der Waals surface area (Å²) in [5, 5.41) is 11.7. The normalized spacial score (nSPS) is 13.9. The average molecular weight is 507 g/mol. The molecule has 11 nitrogen and oxygen atoms in total. The van der Waals surface area contributed by atoms with Gasteiger partial charge >= 0.3 is 19.4 Å². The second kappa shape index (κ2) is 10.2. The van der Waals surface area contributed by atoms with Gasteiger partial charge in [0.15, 0.2) is 0 Å². The number of aromatic nitrogens is 2. The smallest absolute Gasteiger partial charge is 0.413 e. The number of carbonyl (C=O) groups excluding carboxylic acids is 1. The third-order valence-corrected chi connectivity index (χ3v) is 6.59. The number of carbonyl (C=O) groups is 1. The van der Waals surface area contributed by atoms with E-state index in [1.807, 2.05) is 48.5 Å². The van der Waals surface area contributed by atoms with Gasteiger partial charge in [-0.15, -0.1) is 0 Å². The molecule has 0 aliphatic heterocycles. The molecule has 0 bridgehead atoms. The number of nitrogens with zero attached hydrogens (tertiary/aromatic N) is 2. The molecular weight excluding hydrogens is 485 g/mol. The number of nitrogens with one attached hydrogen (secondary N) is 1. The zero-order chi connectivity index (χ0) is 24.3. The zero-order valence-electron chi connectivity index (χ0n) is 17.7. The number of benzene rings is 2. The second-order valence-electron chi connectivity index (χ2n) is 7.57. The Labute approximate surface area is 197 Å². The highest BCUT2D eigenvalue weighted by Crippen LogP contribution is 2.44. The number of anilines is 1. The molecule has 0 unspecified atom stereocenters. The largest absolute Gasteiger partial charge is 0.448 e. The van der Waals surface area contributed by atoms with E-state index < -0.39 is 38.4 Å². The van der Waals surface area contributed by atoms with Crippen LogP contribution < -0.4 is 11.0 Å². The Morgan fingerprint density at radius 3 is 2.35 bits per heavy atom. The quantitative estimate of drug-likeness (QED) is 0.318. The van der Waals surface area contributed by atoms with Crippen molar-refractivity contribution in [3.8, 4) is 11.1 Å². The first-order valence-corrected chi connectivity index (χ1v) is 12.8. The molecule has 0 radical (unpaired) electrons. The van der Waals surface area contributed by atoms with Crippen LogP contribution in [0, 0.1) is 0 Å². The van der Waals surface area contributed by atoms with Crippen LogP contribution in [0.2, 0.25) is 0 Å². The Morgan fingerprint density at radius 1 is 1.15 bits per heavy atom. The number of aliphatic hydroxyl groups is 1. The maximum atomic E-state index is 12.4. The van der Waals surface area contributed by atoms with Crippen LogP contribution in [0.3, 0.4) is 0 Å². The van der Waals surface area contributed by atoms with Gasteiger partial charge in [-0.05, 0) is 33.8 Å². The van der Waals surface area contributed by atoms with Crippen LogP contribution in [0.25, 0.3) is 11.1 Å². The van der Waals surface area contributed by atoms with Crippen LogP contribution >= 0.6 is 19.1 Å². The minimum Gasteiger partial charge on any atom is -0.448 e. The van der Waals surface area contributed by atoms with Crippen LogP contribution in [0.15, 0.2) is 53.3 Å². The molecule has 1 aliphatic rings. The number of rotatable bonds is 9. The van der Waals surface area contributed by atoms with Gasteiger partial charge in [-0.1, -0.05) is 48.5 Å². The number of amides is 1. The van der Waals surface area contributed by atoms with Crippen molar-refractivity contribution in [2.24, 2.45) is 0 Å². The first-order valence-electron chi connectivity index (χ1n) is 10.2. The minimum atomic E-state index is -4.43. The van der Waals surface area contributed by atoms with Gasteiger partial charge in [-0.3, -0.25) is 9.88 Å². The van der Waals surface area contributed by atoms with Crippen molar-refractivity contribution in [3.63, 3.8) is 0 Å². The maximum absolute atomic E-state index is 12.4. The second-order valence-corrected chi connectivity index (χ2v) is 10.2. The number of aliphatic hydroxyl groups excluding tert-OH is 1. The molecular formula is C21H22N3O8PS. The van der Waals surface area contributed by atoms with Crippen molar-refractivity contribution >= 4 is 30.4 Å². The van der Waals surface area contributed by atoms with E-state index in [-0.39, 0.29) is 24.2 Å². The monoisotopic (exact) mass is 507 g/mol. The summed E-state index contributed by atoms with van der Waals surface area (Å²) in [6, 6.07) is 15.9. The molecule has 0 fully saturated rings. The lowest BCUT2D eigenvalue weighted by atomic mass is 9.98. The average Bonchev–Trinajstić information content (AvgIpc) is 3.31.